The Morgan fingerprint density at radius 1 is 0.833 bits per heavy atom. The van der Waals surface area contributed by atoms with Crippen LogP contribution < -0.4 is 5.30 Å². The third-order valence-corrected chi connectivity index (χ3v) is 3.40. The van der Waals surface area contributed by atoms with E-state index in [1.165, 1.54) is 16.4 Å². The monoisotopic (exact) mass is 255 g/mol. The second-order valence-electron chi connectivity index (χ2n) is 4.40. The molecular weight excluding hydrogens is 237 g/mol. The first-order chi connectivity index (χ1) is 8.77. The van der Waals surface area contributed by atoms with Gasteiger partial charge >= 0.3 is 0 Å². The maximum absolute atomic E-state index is 7.67. The Bertz CT molecular complexity index is 520. The van der Waals surface area contributed by atoms with E-state index >= 15 is 0 Å². The number of hydrogen-bond acceptors (Lipinski definition) is 1. The number of rotatable bonds is 0. The Kier molecular flexibility index (Phi) is 4.66. The van der Waals surface area contributed by atoms with Gasteiger partial charge in [0.25, 0.3) is 0 Å². The van der Waals surface area contributed by atoms with Crippen molar-refractivity contribution in [1.82, 2.24) is 0 Å². The lowest BCUT2D eigenvalue weighted by atomic mass is 9.90. The van der Waals surface area contributed by atoms with Crippen molar-refractivity contribution < 1.29 is 0 Å². The quantitative estimate of drug-likeness (QED) is 0.696. The average Bonchev–Trinajstić information content (AvgIpc) is 2.41. The largest absolute Gasteiger partial charge is 0.305 e. The molecular formula is C16H18NP. The van der Waals surface area contributed by atoms with E-state index in [1.807, 2.05) is 36.4 Å². The zero-order valence-electron chi connectivity index (χ0n) is 10.4. The molecule has 2 heteroatoms. The van der Waals surface area contributed by atoms with E-state index in [0.717, 1.165) is 25.0 Å². The molecule has 0 saturated carbocycles. The van der Waals surface area contributed by atoms with E-state index in [1.54, 1.807) is 0 Å². The lowest BCUT2D eigenvalue weighted by Crippen LogP contribution is -2.09. The van der Waals surface area contributed by atoms with Gasteiger partial charge in [-0.3, -0.25) is 0 Å². The highest BCUT2D eigenvalue weighted by atomic mass is 31.0. The zero-order valence-corrected chi connectivity index (χ0v) is 11.5. The van der Waals surface area contributed by atoms with Gasteiger partial charge in [0.15, 0.2) is 0 Å². The van der Waals surface area contributed by atoms with Crippen LogP contribution in [0.5, 0.6) is 0 Å². The highest BCUT2D eigenvalue weighted by Crippen LogP contribution is 2.19. The van der Waals surface area contributed by atoms with Crippen molar-refractivity contribution in [2.45, 2.75) is 19.3 Å². The Morgan fingerprint density at radius 3 is 2.11 bits per heavy atom. The summed E-state index contributed by atoms with van der Waals surface area (Å²) in [5.74, 6) is 0. The zero-order chi connectivity index (χ0) is 12.8. The van der Waals surface area contributed by atoms with Gasteiger partial charge in [0, 0.05) is 5.71 Å². The van der Waals surface area contributed by atoms with E-state index in [0.29, 0.717) is 0 Å². The summed E-state index contributed by atoms with van der Waals surface area (Å²) in [6.07, 6.45) is 3.26. The predicted octanol–water partition coefficient (Wildman–Crippen LogP) is 3.58. The van der Waals surface area contributed by atoms with Gasteiger partial charge in [-0.15, -0.1) is 9.24 Å². The SMILES string of the molecule is N=C1CCCc2ccccc21.Pc1ccccc1. The molecule has 3 rings (SSSR count). The lowest BCUT2D eigenvalue weighted by molar-refractivity contribution is 0.835. The summed E-state index contributed by atoms with van der Waals surface area (Å²) in [5, 5.41) is 8.91. The van der Waals surface area contributed by atoms with Crippen LogP contribution in [0.1, 0.15) is 24.0 Å². The van der Waals surface area contributed by atoms with E-state index < -0.39 is 0 Å². The second kappa shape index (κ2) is 6.47. The highest BCUT2D eigenvalue weighted by Gasteiger charge is 2.11. The molecule has 1 aliphatic carbocycles. The van der Waals surface area contributed by atoms with Crippen LogP contribution in [0.3, 0.4) is 0 Å². The number of hydrogen-bond donors (Lipinski definition) is 1. The van der Waals surface area contributed by atoms with Gasteiger partial charge in [-0.2, -0.15) is 0 Å². The van der Waals surface area contributed by atoms with Gasteiger partial charge in [-0.25, -0.2) is 0 Å². The summed E-state index contributed by atoms with van der Waals surface area (Å²) in [7, 11) is 2.63. The maximum atomic E-state index is 7.67. The summed E-state index contributed by atoms with van der Waals surface area (Å²) in [4.78, 5) is 0. The van der Waals surface area contributed by atoms with Crippen LogP contribution in [-0.2, 0) is 6.42 Å². The van der Waals surface area contributed by atoms with Crippen LogP contribution in [0.15, 0.2) is 54.6 Å². The molecule has 0 radical (unpaired) electrons. The molecule has 0 amide bonds. The number of fused-ring (bicyclic) bond motifs is 1. The summed E-state index contributed by atoms with van der Waals surface area (Å²) in [5.41, 5.74) is 3.33. The second-order valence-corrected chi connectivity index (χ2v) is 5.07. The van der Waals surface area contributed by atoms with Crippen LogP contribution in [0.25, 0.3) is 0 Å². The Hall–Kier alpha value is -1.46. The molecule has 2 aromatic carbocycles. The molecule has 1 N–H and O–H groups in total. The summed E-state index contributed by atoms with van der Waals surface area (Å²) in [6.45, 7) is 0. The maximum Gasteiger partial charge on any atom is 0.0389 e. The minimum absolute atomic E-state index is 0.812. The third kappa shape index (κ3) is 3.51. The van der Waals surface area contributed by atoms with Crippen LogP contribution in [0.4, 0.5) is 0 Å². The van der Waals surface area contributed by atoms with Crippen molar-refractivity contribution in [3.8, 4) is 0 Å². The fourth-order valence-electron chi connectivity index (χ4n) is 2.08. The Balaban J connectivity index is 0.000000149. The van der Waals surface area contributed by atoms with Gasteiger partial charge in [0.2, 0.25) is 0 Å². The van der Waals surface area contributed by atoms with E-state index in [4.69, 9.17) is 5.41 Å². The van der Waals surface area contributed by atoms with E-state index in [2.05, 4.69) is 27.4 Å². The topological polar surface area (TPSA) is 23.9 Å². The molecule has 1 nitrogen and oxygen atoms in total. The van der Waals surface area contributed by atoms with Gasteiger partial charge in [0.1, 0.15) is 0 Å². The fraction of sp³-hybridized carbons (Fsp3) is 0.188. The molecule has 1 unspecified atom stereocenters. The molecule has 1 atom stereocenters. The molecule has 92 valence electrons. The van der Waals surface area contributed by atoms with Crippen molar-refractivity contribution in [3.05, 3.63) is 65.7 Å². The van der Waals surface area contributed by atoms with Gasteiger partial charge in [0.05, 0.1) is 0 Å². The smallest absolute Gasteiger partial charge is 0.0389 e. The van der Waals surface area contributed by atoms with Crippen molar-refractivity contribution in [2.75, 3.05) is 0 Å². The molecule has 0 bridgehead atoms. The summed E-state index contributed by atoms with van der Waals surface area (Å²) >= 11 is 0. The normalized spacial score (nSPS) is 13.3. The lowest BCUT2D eigenvalue weighted by Gasteiger charge is -2.15. The summed E-state index contributed by atoms with van der Waals surface area (Å²) < 4.78 is 0. The van der Waals surface area contributed by atoms with Gasteiger partial charge in [-0.1, -0.05) is 54.6 Å². The fourth-order valence-corrected chi connectivity index (χ4v) is 2.30. The molecule has 1 aliphatic rings. The van der Waals surface area contributed by atoms with Crippen LogP contribution in [-0.4, -0.2) is 5.71 Å². The van der Waals surface area contributed by atoms with Gasteiger partial charge < -0.3 is 5.41 Å². The molecule has 0 heterocycles. The van der Waals surface area contributed by atoms with Gasteiger partial charge in [-0.05, 0) is 35.7 Å². The van der Waals surface area contributed by atoms with Crippen molar-refractivity contribution in [1.29, 1.82) is 5.41 Å². The molecule has 18 heavy (non-hydrogen) atoms. The minimum Gasteiger partial charge on any atom is -0.305 e. The molecule has 0 aliphatic heterocycles. The minimum atomic E-state index is 0.812. The number of nitrogens with one attached hydrogen (secondary N) is 1. The number of aryl methyl sites for hydroxylation is 1. The van der Waals surface area contributed by atoms with Crippen molar-refractivity contribution >= 4 is 20.3 Å². The molecule has 0 fully saturated rings. The third-order valence-electron chi connectivity index (χ3n) is 3.01. The van der Waals surface area contributed by atoms with Crippen molar-refractivity contribution in [3.63, 3.8) is 0 Å². The van der Waals surface area contributed by atoms with E-state index in [9.17, 15) is 0 Å². The van der Waals surface area contributed by atoms with Crippen LogP contribution in [0.2, 0.25) is 0 Å². The predicted molar refractivity (Wildman–Crippen MR) is 82.0 cm³/mol. The standard InChI is InChI=1S/C10H11N.C6H7P/c11-10-7-3-5-8-4-1-2-6-9(8)10;7-6-4-2-1-3-5-6/h1-2,4,6,11H,3,5,7H2;1-5H,7H2. The Labute approximate surface area is 111 Å². The Morgan fingerprint density at radius 2 is 1.50 bits per heavy atom. The van der Waals surface area contributed by atoms with E-state index in [-0.39, 0.29) is 0 Å². The number of benzene rings is 2. The molecule has 0 aromatic heterocycles. The molecule has 0 spiro atoms. The first-order valence-electron chi connectivity index (χ1n) is 6.23. The highest BCUT2D eigenvalue weighted by molar-refractivity contribution is 7.27. The summed E-state index contributed by atoms with van der Waals surface area (Å²) in [6, 6.07) is 18.4. The van der Waals surface area contributed by atoms with Crippen molar-refractivity contribution in [2.24, 2.45) is 0 Å². The molecule has 2 aromatic rings. The van der Waals surface area contributed by atoms with Crippen LogP contribution >= 0.6 is 9.24 Å². The first-order valence-corrected chi connectivity index (χ1v) is 6.81. The van der Waals surface area contributed by atoms with Crippen LogP contribution in [0, 0.1) is 5.41 Å². The average molecular weight is 255 g/mol. The first kappa shape index (κ1) is 13.0. The molecule has 0 saturated heterocycles.